The monoisotopic (exact) mass is 555 g/mol. The highest BCUT2D eigenvalue weighted by Gasteiger charge is 2.43. The Bertz CT molecular complexity index is 1490. The van der Waals surface area contributed by atoms with E-state index in [0.29, 0.717) is 46.7 Å². The molecule has 5 rings (SSSR count). The van der Waals surface area contributed by atoms with Gasteiger partial charge in [-0.15, -0.1) is 0 Å². The summed E-state index contributed by atoms with van der Waals surface area (Å²) in [7, 11) is 1.57. The molecule has 0 saturated carbocycles. The molecule has 2 unspecified atom stereocenters. The van der Waals surface area contributed by atoms with Crippen LogP contribution in [0.5, 0.6) is 5.75 Å². The van der Waals surface area contributed by atoms with Crippen LogP contribution in [0.25, 0.3) is 0 Å². The number of carbonyl (C=O) groups excluding carboxylic acids is 3. The lowest BCUT2D eigenvalue weighted by Gasteiger charge is -2.32. The number of ether oxygens (including phenoxy) is 1. The van der Waals surface area contributed by atoms with Crippen LogP contribution in [0, 0.1) is 0 Å². The molecule has 10 heteroatoms. The minimum Gasteiger partial charge on any atom is -0.497 e. The van der Waals surface area contributed by atoms with Crippen molar-refractivity contribution in [2.75, 3.05) is 12.4 Å². The van der Waals surface area contributed by atoms with Crippen LogP contribution in [-0.2, 0) is 20.9 Å². The highest BCUT2D eigenvalue weighted by Crippen LogP contribution is 2.36. The van der Waals surface area contributed by atoms with E-state index in [4.69, 9.17) is 9.73 Å². The number of amides is 3. The standard InChI is InChI=1S/C30H29N5O4S/c1-3-25(29(38)32-20-12-9-13-21(16-20)39-2)40-30-33-23-15-8-7-14-22(23)27-34-28(37)24(35(27)30)17-26(36)31-18-19-10-5-4-6-11-19/h4-16,24-25H,3,17-18H2,1-2H3,(H,31,36)(H,32,38). The second-order valence-corrected chi connectivity index (χ2v) is 10.4. The number of methoxy groups -OCH3 is 1. The smallest absolute Gasteiger partial charge is 0.271 e. The van der Waals surface area contributed by atoms with E-state index < -0.39 is 17.2 Å². The van der Waals surface area contributed by atoms with Crippen molar-refractivity contribution in [1.29, 1.82) is 0 Å². The molecule has 3 amide bonds. The predicted octanol–water partition coefficient (Wildman–Crippen LogP) is 4.51. The molecule has 9 nitrogen and oxygen atoms in total. The summed E-state index contributed by atoms with van der Waals surface area (Å²) >= 11 is 1.25. The summed E-state index contributed by atoms with van der Waals surface area (Å²) in [6, 6.07) is 23.3. The van der Waals surface area contributed by atoms with Gasteiger partial charge in [-0.3, -0.25) is 19.3 Å². The SMILES string of the molecule is CCC(SC1=Nc2ccccc2C2=NC(=O)C(CC(=O)NCc3ccccc3)N12)C(=O)Nc1cccc(OC)c1. The molecule has 0 aliphatic carbocycles. The number of carbonyl (C=O) groups is 3. The number of fused-ring (bicyclic) bond motifs is 3. The van der Waals surface area contributed by atoms with E-state index in [1.807, 2.05) is 61.5 Å². The third-order valence-corrected chi connectivity index (χ3v) is 7.90. The number of hydrogen-bond donors (Lipinski definition) is 2. The summed E-state index contributed by atoms with van der Waals surface area (Å²) in [5.74, 6) is 0.190. The molecule has 2 atom stereocenters. The number of hydrogen-bond acceptors (Lipinski definition) is 7. The van der Waals surface area contributed by atoms with Gasteiger partial charge in [0.05, 0.1) is 24.5 Å². The van der Waals surface area contributed by atoms with E-state index in [0.717, 1.165) is 5.56 Å². The zero-order valence-electron chi connectivity index (χ0n) is 22.2. The second-order valence-electron chi connectivity index (χ2n) is 9.27. The fourth-order valence-electron chi connectivity index (χ4n) is 4.50. The van der Waals surface area contributed by atoms with Crippen LogP contribution in [-0.4, -0.2) is 52.0 Å². The fourth-order valence-corrected chi connectivity index (χ4v) is 5.57. The molecule has 3 aromatic carbocycles. The number of nitrogens with zero attached hydrogens (tertiary/aromatic N) is 3. The lowest BCUT2D eigenvalue weighted by molar-refractivity contribution is -0.126. The maximum Gasteiger partial charge on any atom is 0.271 e. The first-order valence-corrected chi connectivity index (χ1v) is 13.9. The lowest BCUT2D eigenvalue weighted by atomic mass is 10.1. The van der Waals surface area contributed by atoms with Crippen molar-refractivity contribution in [2.45, 2.75) is 37.6 Å². The van der Waals surface area contributed by atoms with E-state index in [1.165, 1.54) is 11.8 Å². The first-order valence-electron chi connectivity index (χ1n) is 13.0. The third kappa shape index (κ3) is 5.91. The van der Waals surface area contributed by atoms with Crippen molar-refractivity contribution >= 4 is 51.9 Å². The molecule has 0 radical (unpaired) electrons. The highest BCUT2D eigenvalue weighted by atomic mass is 32.2. The summed E-state index contributed by atoms with van der Waals surface area (Å²) in [4.78, 5) is 50.2. The van der Waals surface area contributed by atoms with Gasteiger partial charge in [-0.1, -0.05) is 67.2 Å². The Balaban J connectivity index is 1.36. The normalized spacial score (nSPS) is 16.3. The number of amidine groups is 2. The Labute approximate surface area is 236 Å². The molecule has 204 valence electrons. The Hall–Kier alpha value is -4.44. The number of aliphatic imine (C=N–C) groups is 2. The summed E-state index contributed by atoms with van der Waals surface area (Å²) in [6.45, 7) is 2.27. The average Bonchev–Trinajstić information content (AvgIpc) is 3.31. The molecule has 2 aliphatic rings. The molecule has 0 saturated heterocycles. The van der Waals surface area contributed by atoms with Gasteiger partial charge in [0.2, 0.25) is 11.8 Å². The number of rotatable bonds is 9. The van der Waals surface area contributed by atoms with E-state index >= 15 is 0 Å². The molecule has 0 spiro atoms. The fraction of sp³-hybridized carbons (Fsp3) is 0.233. The largest absolute Gasteiger partial charge is 0.497 e. The van der Waals surface area contributed by atoms with Crippen molar-refractivity contribution in [1.82, 2.24) is 10.2 Å². The number of anilines is 1. The van der Waals surface area contributed by atoms with Crippen LogP contribution in [0.3, 0.4) is 0 Å². The Morgan fingerprint density at radius 1 is 1.02 bits per heavy atom. The number of para-hydroxylation sites is 1. The molecule has 3 aromatic rings. The van der Waals surface area contributed by atoms with Gasteiger partial charge >= 0.3 is 0 Å². The van der Waals surface area contributed by atoms with E-state index in [9.17, 15) is 14.4 Å². The van der Waals surface area contributed by atoms with Crippen LogP contribution < -0.4 is 15.4 Å². The Morgan fingerprint density at radius 2 is 1.80 bits per heavy atom. The topological polar surface area (TPSA) is 112 Å². The predicted molar refractivity (Wildman–Crippen MR) is 157 cm³/mol. The molecule has 2 aliphatic heterocycles. The zero-order valence-corrected chi connectivity index (χ0v) is 23.0. The lowest BCUT2D eigenvalue weighted by Crippen LogP contribution is -2.46. The van der Waals surface area contributed by atoms with Gasteiger partial charge < -0.3 is 15.4 Å². The summed E-state index contributed by atoms with van der Waals surface area (Å²) in [5.41, 5.74) is 2.94. The van der Waals surface area contributed by atoms with Crippen LogP contribution in [0.15, 0.2) is 88.8 Å². The summed E-state index contributed by atoms with van der Waals surface area (Å²) in [6.07, 6.45) is 0.421. The van der Waals surface area contributed by atoms with Gasteiger partial charge in [0.1, 0.15) is 17.6 Å². The summed E-state index contributed by atoms with van der Waals surface area (Å²) in [5, 5.41) is 5.78. The minimum absolute atomic E-state index is 0.0901. The highest BCUT2D eigenvalue weighted by molar-refractivity contribution is 8.15. The molecule has 40 heavy (non-hydrogen) atoms. The van der Waals surface area contributed by atoms with E-state index in [2.05, 4.69) is 15.6 Å². The van der Waals surface area contributed by atoms with Crippen molar-refractivity contribution in [3.63, 3.8) is 0 Å². The first-order chi connectivity index (χ1) is 19.5. The Kier molecular flexibility index (Phi) is 8.26. The molecule has 0 fully saturated rings. The molecule has 0 bridgehead atoms. The molecule has 2 heterocycles. The average molecular weight is 556 g/mol. The number of thioether (sulfide) groups is 1. The van der Waals surface area contributed by atoms with Crippen LogP contribution in [0.4, 0.5) is 11.4 Å². The molecule has 2 N–H and O–H groups in total. The third-order valence-electron chi connectivity index (χ3n) is 6.57. The number of nitrogens with one attached hydrogen (secondary N) is 2. The van der Waals surface area contributed by atoms with Gasteiger partial charge in [-0.2, -0.15) is 4.99 Å². The zero-order chi connectivity index (χ0) is 28.1. The number of benzene rings is 3. The molecule has 0 aromatic heterocycles. The van der Waals surface area contributed by atoms with Gasteiger partial charge in [-0.25, -0.2) is 4.99 Å². The van der Waals surface area contributed by atoms with Crippen LogP contribution in [0.1, 0.15) is 30.9 Å². The van der Waals surface area contributed by atoms with E-state index in [1.54, 1.807) is 36.3 Å². The maximum absolute atomic E-state index is 13.3. The van der Waals surface area contributed by atoms with Gasteiger partial charge in [0, 0.05) is 23.9 Å². The molecular formula is C30H29N5O4S. The van der Waals surface area contributed by atoms with Crippen LogP contribution in [0.2, 0.25) is 0 Å². The van der Waals surface area contributed by atoms with Crippen molar-refractivity contribution in [3.8, 4) is 5.75 Å². The molecular weight excluding hydrogens is 526 g/mol. The first kappa shape index (κ1) is 27.1. The summed E-state index contributed by atoms with van der Waals surface area (Å²) < 4.78 is 5.26. The van der Waals surface area contributed by atoms with Crippen molar-refractivity contribution in [2.24, 2.45) is 9.98 Å². The Morgan fingerprint density at radius 3 is 2.58 bits per heavy atom. The quantitative estimate of drug-likeness (QED) is 0.402. The van der Waals surface area contributed by atoms with E-state index in [-0.39, 0.29) is 18.2 Å². The van der Waals surface area contributed by atoms with Gasteiger partial charge in [-0.05, 0) is 36.2 Å². The van der Waals surface area contributed by atoms with Crippen molar-refractivity contribution in [3.05, 3.63) is 90.0 Å². The second kappa shape index (κ2) is 12.2. The van der Waals surface area contributed by atoms with Gasteiger partial charge in [0.15, 0.2) is 5.17 Å². The maximum atomic E-state index is 13.3. The van der Waals surface area contributed by atoms with Crippen molar-refractivity contribution < 1.29 is 19.1 Å². The van der Waals surface area contributed by atoms with Gasteiger partial charge in [0.25, 0.3) is 5.91 Å². The minimum atomic E-state index is -0.857. The van der Waals surface area contributed by atoms with Crippen LogP contribution >= 0.6 is 11.8 Å².